The summed E-state index contributed by atoms with van der Waals surface area (Å²) in [4.78, 5) is 0. The van der Waals surface area contributed by atoms with Crippen molar-refractivity contribution in [3.63, 3.8) is 0 Å². The first-order valence-corrected chi connectivity index (χ1v) is 7.43. The lowest BCUT2D eigenvalue weighted by molar-refractivity contribution is -0.00355. The molecular weight excluding hydrogens is 300 g/mol. The van der Waals surface area contributed by atoms with Crippen molar-refractivity contribution >= 4 is 0 Å². The Kier molecular flexibility index (Phi) is 4.09. The molecule has 2 aliphatic rings. The molecule has 0 radical (unpaired) electrons. The molecule has 3 N–H and O–H groups in total. The molecule has 124 valence electrons. The average molecular weight is 320 g/mol. The second-order valence-electron chi connectivity index (χ2n) is 5.70. The molecule has 0 aromatic heterocycles. The van der Waals surface area contributed by atoms with E-state index in [1.54, 1.807) is 14.2 Å². The van der Waals surface area contributed by atoms with Crippen molar-refractivity contribution in [2.24, 2.45) is 5.92 Å². The van der Waals surface area contributed by atoms with E-state index in [1.165, 1.54) is 12.1 Å². The Morgan fingerprint density at radius 1 is 1.13 bits per heavy atom. The molecule has 3 atom stereocenters. The van der Waals surface area contributed by atoms with E-state index < -0.39 is 12.2 Å². The van der Waals surface area contributed by atoms with E-state index in [0.717, 1.165) is 0 Å². The van der Waals surface area contributed by atoms with Crippen LogP contribution in [-0.2, 0) is 15.9 Å². The number of benzene rings is 1. The normalized spacial score (nSPS) is 26.5. The quantitative estimate of drug-likeness (QED) is 0.787. The first-order valence-electron chi connectivity index (χ1n) is 7.43. The van der Waals surface area contributed by atoms with Crippen LogP contribution in [-0.4, -0.2) is 41.7 Å². The van der Waals surface area contributed by atoms with Crippen LogP contribution in [0.1, 0.15) is 12.0 Å². The Balaban J connectivity index is 1.87. The van der Waals surface area contributed by atoms with E-state index in [2.05, 4.69) is 0 Å². The second kappa shape index (κ2) is 6.04. The summed E-state index contributed by atoms with van der Waals surface area (Å²) in [5.41, 5.74) is 0.506. The van der Waals surface area contributed by atoms with E-state index >= 15 is 0 Å². The number of allylic oxidation sites excluding steroid dienone is 1. The predicted octanol–water partition coefficient (Wildman–Crippen LogP) is 1.84. The monoisotopic (exact) mass is 320 g/mol. The standard InChI is InChI=1S/C17H20O6/c1-21-14-4-3-9(5-16(14)22-2)17-13(20)8-11-12(19)6-10(18)7-15(11)23-17/h4-7,9,13,17-20H,3,8H2,1-2H3/t9?,13-,17-/m1/s1. The number of aliphatic hydroxyl groups is 1. The highest BCUT2D eigenvalue weighted by Crippen LogP contribution is 2.40. The van der Waals surface area contributed by atoms with Gasteiger partial charge in [-0.25, -0.2) is 0 Å². The van der Waals surface area contributed by atoms with Gasteiger partial charge in [0.05, 0.1) is 20.3 Å². The molecule has 0 fully saturated rings. The minimum absolute atomic E-state index is 0.0733. The van der Waals surface area contributed by atoms with Crippen LogP contribution >= 0.6 is 0 Å². The minimum Gasteiger partial charge on any atom is -0.508 e. The van der Waals surface area contributed by atoms with E-state index in [-0.39, 0.29) is 23.8 Å². The zero-order valence-electron chi connectivity index (χ0n) is 13.0. The van der Waals surface area contributed by atoms with Gasteiger partial charge in [0.2, 0.25) is 0 Å². The molecule has 3 rings (SSSR count). The summed E-state index contributed by atoms with van der Waals surface area (Å²) < 4.78 is 16.4. The Bertz CT molecular complexity index is 663. The van der Waals surface area contributed by atoms with E-state index in [1.807, 2.05) is 12.2 Å². The summed E-state index contributed by atoms with van der Waals surface area (Å²) in [6, 6.07) is 2.69. The van der Waals surface area contributed by atoms with Crippen LogP contribution in [0.4, 0.5) is 0 Å². The van der Waals surface area contributed by atoms with Gasteiger partial charge in [-0.15, -0.1) is 0 Å². The molecule has 1 heterocycles. The number of hydrogen-bond acceptors (Lipinski definition) is 6. The smallest absolute Gasteiger partial charge is 0.156 e. The molecule has 1 unspecified atom stereocenters. The lowest BCUT2D eigenvalue weighted by Crippen LogP contribution is -2.42. The van der Waals surface area contributed by atoms with Crippen LogP contribution in [0.2, 0.25) is 0 Å². The summed E-state index contributed by atoms with van der Waals surface area (Å²) in [5.74, 6) is 1.41. The third-order valence-electron chi connectivity index (χ3n) is 4.27. The summed E-state index contributed by atoms with van der Waals surface area (Å²) in [7, 11) is 3.14. The molecule has 23 heavy (non-hydrogen) atoms. The van der Waals surface area contributed by atoms with Gasteiger partial charge in [-0.05, 0) is 18.6 Å². The Morgan fingerprint density at radius 3 is 2.57 bits per heavy atom. The number of ether oxygens (including phenoxy) is 3. The van der Waals surface area contributed by atoms with Crippen molar-refractivity contribution in [3.8, 4) is 17.2 Å². The maximum absolute atomic E-state index is 10.4. The highest BCUT2D eigenvalue weighted by molar-refractivity contribution is 5.51. The van der Waals surface area contributed by atoms with Crippen molar-refractivity contribution < 1.29 is 29.5 Å². The lowest BCUT2D eigenvalue weighted by Gasteiger charge is -2.36. The summed E-state index contributed by atoms with van der Waals surface area (Å²) >= 11 is 0. The van der Waals surface area contributed by atoms with Crippen LogP contribution in [0.5, 0.6) is 17.2 Å². The zero-order chi connectivity index (χ0) is 16.6. The maximum atomic E-state index is 10.4. The molecule has 1 aromatic carbocycles. The van der Waals surface area contributed by atoms with Crippen LogP contribution in [0.3, 0.4) is 0 Å². The van der Waals surface area contributed by atoms with Crippen molar-refractivity contribution in [2.45, 2.75) is 25.0 Å². The molecule has 1 aliphatic heterocycles. The fourth-order valence-electron chi connectivity index (χ4n) is 3.12. The Morgan fingerprint density at radius 2 is 1.87 bits per heavy atom. The van der Waals surface area contributed by atoms with E-state index in [0.29, 0.717) is 29.3 Å². The minimum atomic E-state index is -0.769. The molecule has 6 heteroatoms. The van der Waals surface area contributed by atoms with E-state index in [4.69, 9.17) is 14.2 Å². The highest BCUT2D eigenvalue weighted by atomic mass is 16.5. The van der Waals surface area contributed by atoms with Gasteiger partial charge in [0.25, 0.3) is 0 Å². The van der Waals surface area contributed by atoms with E-state index in [9.17, 15) is 15.3 Å². The van der Waals surface area contributed by atoms with Crippen LogP contribution in [0.15, 0.2) is 35.8 Å². The Hall–Kier alpha value is -2.34. The van der Waals surface area contributed by atoms with Gasteiger partial charge in [-0.2, -0.15) is 0 Å². The van der Waals surface area contributed by atoms with Gasteiger partial charge in [-0.1, -0.05) is 0 Å². The fraction of sp³-hybridized carbons (Fsp3) is 0.412. The molecule has 0 saturated carbocycles. The number of fused-ring (bicyclic) bond motifs is 1. The fourth-order valence-corrected chi connectivity index (χ4v) is 3.12. The first kappa shape index (κ1) is 15.6. The number of phenols is 2. The van der Waals surface area contributed by atoms with Crippen LogP contribution < -0.4 is 4.74 Å². The van der Waals surface area contributed by atoms with Crippen LogP contribution in [0, 0.1) is 5.92 Å². The van der Waals surface area contributed by atoms with Crippen molar-refractivity contribution in [1.82, 2.24) is 0 Å². The number of methoxy groups -OCH3 is 2. The third-order valence-corrected chi connectivity index (χ3v) is 4.27. The van der Waals surface area contributed by atoms with Gasteiger partial charge in [0.1, 0.15) is 23.4 Å². The molecule has 6 nitrogen and oxygen atoms in total. The number of aliphatic hydroxyl groups excluding tert-OH is 1. The average Bonchev–Trinajstić information content (AvgIpc) is 2.54. The summed E-state index contributed by atoms with van der Waals surface area (Å²) in [5, 5.41) is 29.9. The summed E-state index contributed by atoms with van der Waals surface area (Å²) in [6.07, 6.45) is 3.41. The van der Waals surface area contributed by atoms with Gasteiger partial charge in [0, 0.05) is 30.0 Å². The molecule has 0 bridgehead atoms. The number of rotatable bonds is 3. The SMILES string of the molecule is COC1=CCC([C@H]2Oc3cc(O)cc(O)c3C[C@H]2O)C=C1OC. The zero-order valence-corrected chi connectivity index (χ0v) is 13.0. The molecule has 1 aromatic rings. The van der Waals surface area contributed by atoms with Gasteiger partial charge in [-0.3, -0.25) is 0 Å². The third kappa shape index (κ3) is 2.82. The summed E-state index contributed by atoms with van der Waals surface area (Å²) in [6.45, 7) is 0. The number of phenolic OH excluding ortho intramolecular Hbond substituents is 2. The first-order chi connectivity index (χ1) is 11.0. The maximum Gasteiger partial charge on any atom is 0.156 e. The van der Waals surface area contributed by atoms with Crippen molar-refractivity contribution in [1.29, 1.82) is 0 Å². The second-order valence-corrected chi connectivity index (χ2v) is 5.70. The highest BCUT2D eigenvalue weighted by Gasteiger charge is 2.37. The van der Waals surface area contributed by atoms with Crippen molar-refractivity contribution in [2.75, 3.05) is 14.2 Å². The predicted molar refractivity (Wildman–Crippen MR) is 82.2 cm³/mol. The van der Waals surface area contributed by atoms with Crippen molar-refractivity contribution in [3.05, 3.63) is 41.4 Å². The van der Waals surface area contributed by atoms with Gasteiger partial charge in [0.15, 0.2) is 11.5 Å². The largest absolute Gasteiger partial charge is 0.508 e. The molecular formula is C17H20O6. The molecule has 0 spiro atoms. The molecule has 0 amide bonds. The molecule has 0 saturated heterocycles. The Labute approximate surface area is 134 Å². The van der Waals surface area contributed by atoms with Gasteiger partial charge < -0.3 is 29.5 Å². The van der Waals surface area contributed by atoms with Gasteiger partial charge >= 0.3 is 0 Å². The number of hydrogen-bond donors (Lipinski definition) is 3. The number of aromatic hydroxyl groups is 2. The lowest BCUT2D eigenvalue weighted by atomic mass is 9.86. The molecule has 1 aliphatic carbocycles. The topological polar surface area (TPSA) is 88.4 Å². The van der Waals surface area contributed by atoms with Crippen LogP contribution in [0.25, 0.3) is 0 Å².